The van der Waals surface area contributed by atoms with Gasteiger partial charge in [0.25, 0.3) is 0 Å². The quantitative estimate of drug-likeness (QED) is 0.314. The van der Waals surface area contributed by atoms with Crippen molar-refractivity contribution in [2.24, 2.45) is 0 Å². The van der Waals surface area contributed by atoms with Crippen LogP contribution in [0.3, 0.4) is 0 Å². The number of hydrogen-bond acceptors (Lipinski definition) is 2. The molecule has 0 spiro atoms. The molecule has 2 N–H and O–H groups in total. The molecular weight excluding hydrogens is 116 g/mol. The molecule has 1 unspecified atom stereocenters. The maximum absolute atomic E-state index is 9.72. The largest absolute Gasteiger partial charge is 0.346 e. The van der Waals surface area contributed by atoms with Gasteiger partial charge in [0.05, 0.1) is 6.67 Å². The SMILES string of the molecule is CCC(C)NCNC=O. The summed E-state index contributed by atoms with van der Waals surface area (Å²) in [5.41, 5.74) is 0. The molecule has 54 valence electrons. The topological polar surface area (TPSA) is 41.1 Å². The van der Waals surface area contributed by atoms with Crippen LogP contribution >= 0.6 is 0 Å². The lowest BCUT2D eigenvalue weighted by Crippen LogP contribution is -2.34. The molecule has 0 radical (unpaired) electrons. The highest BCUT2D eigenvalue weighted by Gasteiger charge is 1.92. The Labute approximate surface area is 55.8 Å². The molecule has 0 aliphatic heterocycles. The summed E-state index contributed by atoms with van der Waals surface area (Å²) in [6, 6.07) is 0.484. The molecule has 0 saturated heterocycles. The molecule has 0 aromatic rings. The van der Waals surface area contributed by atoms with E-state index in [0.29, 0.717) is 19.1 Å². The molecule has 1 atom stereocenters. The summed E-state index contributed by atoms with van der Waals surface area (Å²) < 4.78 is 0. The van der Waals surface area contributed by atoms with E-state index in [2.05, 4.69) is 24.5 Å². The van der Waals surface area contributed by atoms with Crippen molar-refractivity contribution in [2.45, 2.75) is 26.3 Å². The second-order valence-electron chi connectivity index (χ2n) is 2.01. The molecule has 0 saturated carbocycles. The van der Waals surface area contributed by atoms with Crippen LogP contribution in [0.25, 0.3) is 0 Å². The van der Waals surface area contributed by atoms with E-state index < -0.39 is 0 Å². The Kier molecular flexibility index (Phi) is 5.21. The lowest BCUT2D eigenvalue weighted by Gasteiger charge is -2.08. The van der Waals surface area contributed by atoms with Crippen LogP contribution in [0.5, 0.6) is 0 Å². The molecule has 9 heavy (non-hydrogen) atoms. The predicted octanol–water partition coefficient (Wildman–Crippen LogP) is 0.0780. The van der Waals surface area contributed by atoms with E-state index in [4.69, 9.17) is 0 Å². The standard InChI is InChI=1S/C6H14N2O/c1-3-6(2)8-4-7-5-9/h5-6,8H,3-4H2,1-2H3,(H,7,9). The maximum atomic E-state index is 9.72. The van der Waals surface area contributed by atoms with Gasteiger partial charge in [0.2, 0.25) is 6.41 Å². The summed E-state index contributed by atoms with van der Waals surface area (Å²) in [6.45, 7) is 4.74. The number of carbonyl (C=O) groups excluding carboxylic acids is 1. The molecule has 0 fully saturated rings. The molecule has 0 aromatic heterocycles. The Morgan fingerprint density at radius 2 is 2.33 bits per heavy atom. The highest BCUT2D eigenvalue weighted by molar-refractivity contribution is 5.45. The van der Waals surface area contributed by atoms with Gasteiger partial charge < -0.3 is 5.32 Å². The zero-order chi connectivity index (χ0) is 7.11. The van der Waals surface area contributed by atoms with Crippen LogP contribution in [0.2, 0.25) is 0 Å². The van der Waals surface area contributed by atoms with Gasteiger partial charge in [-0.3, -0.25) is 10.1 Å². The first-order valence-corrected chi connectivity index (χ1v) is 3.21. The molecular formula is C6H14N2O. The number of hydrogen-bond donors (Lipinski definition) is 2. The van der Waals surface area contributed by atoms with Crippen molar-refractivity contribution >= 4 is 6.41 Å². The molecule has 1 amide bonds. The minimum Gasteiger partial charge on any atom is -0.346 e. The van der Waals surface area contributed by atoms with E-state index >= 15 is 0 Å². The van der Waals surface area contributed by atoms with Crippen LogP contribution in [-0.2, 0) is 4.79 Å². The van der Waals surface area contributed by atoms with E-state index in [1.54, 1.807) is 0 Å². The fourth-order valence-corrected chi connectivity index (χ4v) is 0.419. The zero-order valence-corrected chi connectivity index (χ0v) is 5.98. The Morgan fingerprint density at radius 3 is 2.78 bits per heavy atom. The smallest absolute Gasteiger partial charge is 0.208 e. The van der Waals surface area contributed by atoms with Gasteiger partial charge in [0.15, 0.2) is 0 Å². The first-order chi connectivity index (χ1) is 4.31. The normalized spacial score (nSPS) is 12.7. The van der Waals surface area contributed by atoms with E-state index in [-0.39, 0.29) is 0 Å². The summed E-state index contributed by atoms with van der Waals surface area (Å²) in [4.78, 5) is 9.72. The van der Waals surface area contributed by atoms with Crippen molar-refractivity contribution in [3.8, 4) is 0 Å². The van der Waals surface area contributed by atoms with Crippen LogP contribution in [0.15, 0.2) is 0 Å². The summed E-state index contributed by atoms with van der Waals surface area (Å²) in [5, 5.41) is 5.61. The van der Waals surface area contributed by atoms with Gasteiger partial charge >= 0.3 is 0 Å². The third-order valence-electron chi connectivity index (χ3n) is 1.25. The average molecular weight is 130 g/mol. The summed E-state index contributed by atoms with van der Waals surface area (Å²) in [5.74, 6) is 0. The van der Waals surface area contributed by atoms with Crippen molar-refractivity contribution in [2.75, 3.05) is 6.67 Å². The molecule has 3 heteroatoms. The fraction of sp³-hybridized carbons (Fsp3) is 0.833. The average Bonchev–Trinajstić information content (AvgIpc) is 1.89. The van der Waals surface area contributed by atoms with Crippen molar-refractivity contribution in [1.82, 2.24) is 10.6 Å². The summed E-state index contributed by atoms with van der Waals surface area (Å²) in [7, 11) is 0. The highest BCUT2D eigenvalue weighted by Crippen LogP contribution is 1.83. The molecule has 0 aliphatic rings. The van der Waals surface area contributed by atoms with Crippen molar-refractivity contribution in [3.05, 3.63) is 0 Å². The lowest BCUT2D eigenvalue weighted by molar-refractivity contribution is -0.109. The Hall–Kier alpha value is -0.570. The first kappa shape index (κ1) is 8.43. The Morgan fingerprint density at radius 1 is 1.67 bits per heavy atom. The van der Waals surface area contributed by atoms with Crippen molar-refractivity contribution in [1.29, 1.82) is 0 Å². The Bertz CT molecular complexity index is 75.5. The fourth-order valence-electron chi connectivity index (χ4n) is 0.419. The monoisotopic (exact) mass is 130 g/mol. The molecule has 3 nitrogen and oxygen atoms in total. The van der Waals surface area contributed by atoms with Crippen LogP contribution in [0.1, 0.15) is 20.3 Å². The van der Waals surface area contributed by atoms with Crippen LogP contribution in [0.4, 0.5) is 0 Å². The predicted molar refractivity (Wildman–Crippen MR) is 37.0 cm³/mol. The van der Waals surface area contributed by atoms with Crippen LogP contribution in [0, 0.1) is 0 Å². The third kappa shape index (κ3) is 5.30. The van der Waals surface area contributed by atoms with Gasteiger partial charge in [-0.05, 0) is 13.3 Å². The molecule has 0 heterocycles. The van der Waals surface area contributed by atoms with Gasteiger partial charge in [0, 0.05) is 6.04 Å². The third-order valence-corrected chi connectivity index (χ3v) is 1.25. The second kappa shape index (κ2) is 5.56. The second-order valence-corrected chi connectivity index (χ2v) is 2.01. The lowest BCUT2D eigenvalue weighted by atomic mass is 10.3. The van der Waals surface area contributed by atoms with E-state index in [9.17, 15) is 4.79 Å². The minimum atomic E-state index is 0.484. The number of carbonyl (C=O) groups is 1. The molecule has 0 aromatic carbocycles. The van der Waals surface area contributed by atoms with Crippen molar-refractivity contribution in [3.63, 3.8) is 0 Å². The summed E-state index contributed by atoms with van der Waals surface area (Å²) in [6.07, 6.45) is 1.77. The minimum absolute atomic E-state index is 0.484. The molecule has 0 rings (SSSR count). The molecule has 0 aliphatic carbocycles. The Balaban J connectivity index is 2.96. The van der Waals surface area contributed by atoms with E-state index in [0.717, 1.165) is 6.42 Å². The van der Waals surface area contributed by atoms with Crippen LogP contribution < -0.4 is 10.6 Å². The molecule has 0 bridgehead atoms. The van der Waals surface area contributed by atoms with Crippen LogP contribution in [-0.4, -0.2) is 19.1 Å². The first-order valence-electron chi connectivity index (χ1n) is 3.21. The summed E-state index contributed by atoms with van der Waals surface area (Å²) >= 11 is 0. The number of amides is 1. The van der Waals surface area contributed by atoms with Gasteiger partial charge in [-0.2, -0.15) is 0 Å². The number of nitrogens with one attached hydrogen (secondary N) is 2. The van der Waals surface area contributed by atoms with Gasteiger partial charge in [-0.1, -0.05) is 6.92 Å². The number of rotatable bonds is 5. The van der Waals surface area contributed by atoms with Gasteiger partial charge in [-0.15, -0.1) is 0 Å². The van der Waals surface area contributed by atoms with E-state index in [1.165, 1.54) is 0 Å². The van der Waals surface area contributed by atoms with Gasteiger partial charge in [-0.25, -0.2) is 0 Å². The van der Waals surface area contributed by atoms with Crippen molar-refractivity contribution < 1.29 is 4.79 Å². The maximum Gasteiger partial charge on any atom is 0.208 e. The van der Waals surface area contributed by atoms with E-state index in [1.807, 2.05) is 0 Å². The zero-order valence-electron chi connectivity index (χ0n) is 5.98. The van der Waals surface area contributed by atoms with Gasteiger partial charge in [0.1, 0.15) is 0 Å². The highest BCUT2D eigenvalue weighted by atomic mass is 16.1.